The van der Waals surface area contributed by atoms with Crippen LogP contribution in [0.15, 0.2) is 59.6 Å². The Hall–Kier alpha value is -3.00. The van der Waals surface area contributed by atoms with Gasteiger partial charge in [0.2, 0.25) is 0 Å². The van der Waals surface area contributed by atoms with Crippen LogP contribution >= 0.6 is 11.8 Å². The molecule has 2 aliphatic rings. The second-order valence-corrected chi connectivity index (χ2v) is 7.87. The molecule has 2 heterocycles. The SMILES string of the molecule is CN1C(=O)C2C(=NC(SCc3ccccc3)=[N+]2Cc2ccc(F)cc2)N(C)C1=O. The van der Waals surface area contributed by atoms with Gasteiger partial charge in [-0.15, -0.1) is 0 Å². The number of hydrogen-bond donors (Lipinski definition) is 0. The number of thioether (sulfide) groups is 1. The zero-order valence-corrected chi connectivity index (χ0v) is 16.9. The third-order valence-electron chi connectivity index (χ3n) is 4.97. The number of nitrogens with zero attached hydrogens (tertiary/aromatic N) is 4. The summed E-state index contributed by atoms with van der Waals surface area (Å²) in [5, 5.41) is 0.668. The molecule has 2 aromatic carbocycles. The van der Waals surface area contributed by atoms with Crippen LogP contribution in [0.3, 0.4) is 0 Å². The fourth-order valence-corrected chi connectivity index (χ4v) is 4.34. The van der Waals surface area contributed by atoms with Crippen LogP contribution in [0.5, 0.6) is 0 Å². The first kappa shape index (κ1) is 19.3. The summed E-state index contributed by atoms with van der Waals surface area (Å²) in [7, 11) is 3.10. The Labute approximate surface area is 172 Å². The molecule has 1 saturated heterocycles. The van der Waals surface area contributed by atoms with Crippen molar-refractivity contribution >= 4 is 34.7 Å². The number of hydrogen-bond acceptors (Lipinski definition) is 4. The van der Waals surface area contributed by atoms with E-state index in [0.29, 0.717) is 23.3 Å². The minimum absolute atomic E-state index is 0.312. The van der Waals surface area contributed by atoms with E-state index in [9.17, 15) is 14.0 Å². The van der Waals surface area contributed by atoms with Crippen molar-refractivity contribution in [1.82, 2.24) is 9.80 Å². The molecule has 2 aromatic rings. The molecular formula is C21H20FN4O2S+. The van der Waals surface area contributed by atoms with Gasteiger partial charge in [0.1, 0.15) is 12.4 Å². The molecule has 0 spiro atoms. The number of rotatable bonds is 4. The van der Waals surface area contributed by atoms with Gasteiger partial charge >= 0.3 is 11.2 Å². The molecular weight excluding hydrogens is 391 g/mol. The smallest absolute Gasteiger partial charge is 0.269 e. The topological polar surface area (TPSA) is 56.0 Å². The summed E-state index contributed by atoms with van der Waals surface area (Å²) in [4.78, 5) is 32.4. The molecule has 3 amide bonds. The van der Waals surface area contributed by atoms with E-state index in [2.05, 4.69) is 4.99 Å². The van der Waals surface area contributed by atoms with Crippen LogP contribution in [-0.4, -0.2) is 57.5 Å². The molecule has 0 aliphatic carbocycles. The zero-order chi connectivity index (χ0) is 20.5. The number of carbonyl (C=O) groups excluding carboxylic acids is 2. The average Bonchev–Trinajstić information content (AvgIpc) is 3.10. The number of carbonyl (C=O) groups is 2. The fraction of sp³-hybridized carbons (Fsp3) is 0.238. The van der Waals surface area contributed by atoms with E-state index in [1.165, 1.54) is 35.8 Å². The number of likely N-dealkylation sites (N-methyl/N-ethyl adjacent to an activating group) is 2. The number of urea groups is 1. The second kappa shape index (κ2) is 7.79. The van der Waals surface area contributed by atoms with Crippen LogP contribution in [0.25, 0.3) is 0 Å². The summed E-state index contributed by atoms with van der Waals surface area (Å²) in [6, 6.07) is 15.1. The van der Waals surface area contributed by atoms with E-state index in [-0.39, 0.29) is 11.7 Å². The van der Waals surface area contributed by atoms with E-state index in [1.807, 2.05) is 34.9 Å². The minimum atomic E-state index is -0.675. The first-order chi connectivity index (χ1) is 14.0. The summed E-state index contributed by atoms with van der Waals surface area (Å²) >= 11 is 1.51. The quantitative estimate of drug-likeness (QED) is 0.727. The summed E-state index contributed by atoms with van der Waals surface area (Å²) in [6.45, 7) is 0.386. The first-order valence-corrected chi connectivity index (χ1v) is 10.1. The predicted molar refractivity (Wildman–Crippen MR) is 110 cm³/mol. The van der Waals surface area contributed by atoms with E-state index < -0.39 is 12.1 Å². The van der Waals surface area contributed by atoms with Gasteiger partial charge in [0.25, 0.3) is 17.8 Å². The molecule has 29 heavy (non-hydrogen) atoms. The fourth-order valence-electron chi connectivity index (χ4n) is 3.36. The maximum Gasteiger partial charge on any atom is 0.358 e. The van der Waals surface area contributed by atoms with Gasteiger partial charge in [-0.3, -0.25) is 14.6 Å². The number of fused-ring (bicyclic) bond motifs is 1. The predicted octanol–water partition coefficient (Wildman–Crippen LogP) is 2.93. The van der Waals surface area contributed by atoms with Gasteiger partial charge < -0.3 is 0 Å². The highest BCUT2D eigenvalue weighted by Crippen LogP contribution is 2.26. The zero-order valence-electron chi connectivity index (χ0n) is 16.1. The Balaban J connectivity index is 1.69. The lowest BCUT2D eigenvalue weighted by atomic mass is 10.1. The van der Waals surface area contributed by atoms with Crippen LogP contribution in [0, 0.1) is 5.82 Å². The van der Waals surface area contributed by atoms with Gasteiger partial charge in [-0.1, -0.05) is 42.5 Å². The van der Waals surface area contributed by atoms with Crippen LogP contribution in [-0.2, 0) is 17.1 Å². The van der Waals surface area contributed by atoms with Crippen LogP contribution in [0.2, 0.25) is 0 Å². The van der Waals surface area contributed by atoms with E-state index in [0.717, 1.165) is 16.0 Å². The molecule has 0 bridgehead atoms. The highest BCUT2D eigenvalue weighted by Gasteiger charge is 2.53. The Morgan fingerprint density at radius 2 is 1.69 bits per heavy atom. The third kappa shape index (κ3) is 3.67. The van der Waals surface area contributed by atoms with Crippen molar-refractivity contribution in [3.05, 3.63) is 71.5 Å². The van der Waals surface area contributed by atoms with Crippen molar-refractivity contribution in [3.8, 4) is 0 Å². The minimum Gasteiger partial charge on any atom is -0.269 e. The van der Waals surface area contributed by atoms with Crippen molar-refractivity contribution in [2.45, 2.75) is 18.3 Å². The maximum absolute atomic E-state index is 13.3. The number of amidine groups is 2. The van der Waals surface area contributed by atoms with Gasteiger partial charge in [-0.25, -0.2) is 13.8 Å². The Morgan fingerprint density at radius 1 is 1.00 bits per heavy atom. The highest BCUT2D eigenvalue weighted by atomic mass is 32.2. The largest absolute Gasteiger partial charge is 0.358 e. The first-order valence-electron chi connectivity index (χ1n) is 9.14. The van der Waals surface area contributed by atoms with Gasteiger partial charge in [0, 0.05) is 19.8 Å². The lowest BCUT2D eigenvalue weighted by Gasteiger charge is -2.30. The number of imide groups is 1. The van der Waals surface area contributed by atoms with Crippen molar-refractivity contribution in [2.75, 3.05) is 14.1 Å². The molecule has 1 fully saturated rings. The Bertz CT molecular complexity index is 1020. The summed E-state index contributed by atoms with van der Waals surface area (Å²) in [5.41, 5.74) is 1.99. The molecule has 1 unspecified atom stereocenters. The van der Waals surface area contributed by atoms with Crippen LogP contribution < -0.4 is 0 Å². The standard InChI is InChI=1S/C21H20FN4O2S/c1-24-18-17(19(27)25(2)21(24)28)26(12-14-8-10-16(22)11-9-14)20(23-18)29-13-15-6-4-3-5-7-15/h3-11,17H,12-13H2,1-2H3/q+1. The molecule has 148 valence electrons. The lowest BCUT2D eigenvalue weighted by molar-refractivity contribution is -0.548. The Kier molecular flexibility index (Phi) is 5.19. The summed E-state index contributed by atoms with van der Waals surface area (Å²) < 4.78 is 15.2. The van der Waals surface area contributed by atoms with Gasteiger partial charge in [0.15, 0.2) is 0 Å². The number of aliphatic imine (C=N–C) groups is 1. The monoisotopic (exact) mass is 411 g/mol. The average molecular weight is 411 g/mol. The summed E-state index contributed by atoms with van der Waals surface area (Å²) in [5.74, 6) is 0.481. The molecule has 0 saturated carbocycles. The van der Waals surface area contributed by atoms with E-state index in [1.54, 1.807) is 19.2 Å². The molecule has 0 radical (unpaired) electrons. The third-order valence-corrected chi connectivity index (χ3v) is 6.03. The van der Waals surface area contributed by atoms with Crippen molar-refractivity contribution in [2.24, 2.45) is 4.99 Å². The van der Waals surface area contributed by atoms with Gasteiger partial charge in [-0.2, -0.15) is 0 Å². The van der Waals surface area contributed by atoms with Crippen LogP contribution in [0.4, 0.5) is 9.18 Å². The molecule has 6 nitrogen and oxygen atoms in total. The highest BCUT2D eigenvalue weighted by molar-refractivity contribution is 8.13. The number of benzene rings is 2. The Morgan fingerprint density at radius 3 is 2.38 bits per heavy atom. The molecule has 1 atom stereocenters. The van der Waals surface area contributed by atoms with E-state index >= 15 is 0 Å². The molecule has 4 rings (SSSR count). The number of amides is 3. The molecule has 0 N–H and O–H groups in total. The second-order valence-electron chi connectivity index (χ2n) is 6.92. The molecule has 2 aliphatic heterocycles. The number of halogens is 1. The van der Waals surface area contributed by atoms with Gasteiger partial charge in [0.05, 0.1) is 0 Å². The van der Waals surface area contributed by atoms with Crippen molar-refractivity contribution in [1.29, 1.82) is 0 Å². The normalized spacial score (nSPS) is 19.0. The summed E-state index contributed by atoms with van der Waals surface area (Å²) in [6.07, 6.45) is 0. The maximum atomic E-state index is 13.3. The van der Waals surface area contributed by atoms with Crippen molar-refractivity contribution in [3.63, 3.8) is 0 Å². The van der Waals surface area contributed by atoms with Crippen LogP contribution in [0.1, 0.15) is 11.1 Å². The lowest BCUT2D eigenvalue weighted by Crippen LogP contribution is -2.61. The molecule has 0 aromatic heterocycles. The van der Waals surface area contributed by atoms with Gasteiger partial charge in [-0.05, 0) is 40.0 Å². The molecule has 8 heteroatoms. The van der Waals surface area contributed by atoms with Crippen molar-refractivity contribution < 1.29 is 18.6 Å². The van der Waals surface area contributed by atoms with E-state index in [4.69, 9.17) is 0 Å².